The van der Waals surface area contributed by atoms with Gasteiger partial charge in [-0.05, 0) is 24.6 Å². The number of hydrogen-bond acceptors (Lipinski definition) is 2. The van der Waals surface area contributed by atoms with E-state index in [1.807, 2.05) is 0 Å². The van der Waals surface area contributed by atoms with Crippen LogP contribution in [0.2, 0.25) is 10.0 Å². The molecule has 7 heteroatoms. The molecule has 1 rings (SSSR count). The normalized spacial score (nSPS) is 10.0. The van der Waals surface area contributed by atoms with Crippen LogP contribution in [0.4, 0.5) is 10.5 Å². The van der Waals surface area contributed by atoms with Gasteiger partial charge in [-0.25, -0.2) is 4.79 Å². The molecule has 0 atom stereocenters. The van der Waals surface area contributed by atoms with E-state index >= 15 is 0 Å². The van der Waals surface area contributed by atoms with Crippen molar-refractivity contribution in [1.82, 2.24) is 5.32 Å². The summed E-state index contributed by atoms with van der Waals surface area (Å²) >= 11 is 17.2. The number of amides is 3. The lowest BCUT2D eigenvalue weighted by Gasteiger charge is -2.09. The monoisotopic (exact) mass is 308 g/mol. The van der Waals surface area contributed by atoms with Crippen LogP contribution in [0, 0.1) is 6.92 Å². The maximum atomic E-state index is 11.5. The molecule has 18 heavy (non-hydrogen) atoms. The highest BCUT2D eigenvalue weighted by Gasteiger charge is 2.10. The third kappa shape index (κ3) is 4.37. The number of rotatable bonds is 3. The number of imide groups is 1. The second-order valence-electron chi connectivity index (χ2n) is 3.52. The molecule has 4 nitrogen and oxygen atoms in total. The van der Waals surface area contributed by atoms with Gasteiger partial charge in [0.05, 0.1) is 10.7 Å². The van der Waals surface area contributed by atoms with E-state index in [4.69, 9.17) is 34.8 Å². The first-order valence-corrected chi connectivity index (χ1v) is 6.35. The van der Waals surface area contributed by atoms with E-state index < -0.39 is 11.9 Å². The molecule has 0 aromatic heterocycles. The fourth-order valence-electron chi connectivity index (χ4n) is 1.17. The molecule has 2 N–H and O–H groups in total. The summed E-state index contributed by atoms with van der Waals surface area (Å²) in [5.74, 6) is -0.312. The zero-order valence-corrected chi connectivity index (χ0v) is 11.8. The fourth-order valence-corrected chi connectivity index (χ4v) is 1.77. The van der Waals surface area contributed by atoms with Gasteiger partial charge in [-0.3, -0.25) is 10.1 Å². The molecule has 0 spiro atoms. The molecular formula is C11H11Cl3N2O2. The summed E-state index contributed by atoms with van der Waals surface area (Å²) in [6.07, 6.45) is 0.0668. The van der Waals surface area contributed by atoms with Crippen molar-refractivity contribution in [2.45, 2.75) is 13.3 Å². The molecule has 0 fully saturated rings. The average Bonchev–Trinajstić information content (AvgIpc) is 2.26. The van der Waals surface area contributed by atoms with Crippen LogP contribution in [0.3, 0.4) is 0 Å². The minimum atomic E-state index is -0.674. The molecule has 0 aliphatic carbocycles. The highest BCUT2D eigenvalue weighted by molar-refractivity contribution is 6.36. The molecule has 98 valence electrons. The fraction of sp³-hybridized carbons (Fsp3) is 0.273. The first-order chi connectivity index (χ1) is 8.43. The van der Waals surface area contributed by atoms with Crippen molar-refractivity contribution in [2.24, 2.45) is 0 Å². The van der Waals surface area contributed by atoms with Gasteiger partial charge in [-0.2, -0.15) is 0 Å². The number of urea groups is 1. The summed E-state index contributed by atoms with van der Waals surface area (Å²) in [7, 11) is 0. The number of anilines is 1. The van der Waals surface area contributed by atoms with Gasteiger partial charge in [-0.15, -0.1) is 11.6 Å². The van der Waals surface area contributed by atoms with Crippen LogP contribution >= 0.6 is 34.8 Å². The Morgan fingerprint density at radius 2 is 1.89 bits per heavy atom. The van der Waals surface area contributed by atoms with Crippen LogP contribution in [-0.2, 0) is 4.79 Å². The zero-order chi connectivity index (χ0) is 13.7. The predicted octanol–water partition coefficient (Wildman–Crippen LogP) is 3.58. The third-order valence-corrected chi connectivity index (χ3v) is 2.98. The van der Waals surface area contributed by atoms with E-state index in [0.29, 0.717) is 15.7 Å². The van der Waals surface area contributed by atoms with Crippen molar-refractivity contribution in [2.75, 3.05) is 11.2 Å². The molecule has 0 saturated carbocycles. The molecular weight excluding hydrogens is 298 g/mol. The molecule has 0 aliphatic rings. The van der Waals surface area contributed by atoms with Gasteiger partial charge >= 0.3 is 6.03 Å². The average molecular weight is 310 g/mol. The summed E-state index contributed by atoms with van der Waals surface area (Å²) in [4.78, 5) is 22.6. The third-order valence-electron chi connectivity index (χ3n) is 2.07. The number of benzene rings is 1. The smallest absolute Gasteiger partial charge is 0.306 e. The molecule has 0 radical (unpaired) electrons. The lowest BCUT2D eigenvalue weighted by atomic mass is 10.2. The molecule has 0 unspecified atom stereocenters. The largest absolute Gasteiger partial charge is 0.325 e. The molecule has 0 bridgehead atoms. The van der Waals surface area contributed by atoms with Crippen molar-refractivity contribution >= 4 is 52.4 Å². The van der Waals surface area contributed by atoms with E-state index in [-0.39, 0.29) is 12.3 Å². The Kier molecular flexibility index (Phi) is 5.72. The molecule has 0 heterocycles. The first kappa shape index (κ1) is 15.1. The highest BCUT2D eigenvalue weighted by Crippen LogP contribution is 2.28. The predicted molar refractivity (Wildman–Crippen MR) is 73.7 cm³/mol. The number of carbonyl (C=O) groups is 2. The zero-order valence-electron chi connectivity index (χ0n) is 9.52. The van der Waals surface area contributed by atoms with Gasteiger partial charge in [0.2, 0.25) is 5.91 Å². The molecule has 3 amide bonds. The van der Waals surface area contributed by atoms with Crippen LogP contribution in [0.25, 0.3) is 0 Å². The minimum Gasteiger partial charge on any atom is -0.306 e. The lowest BCUT2D eigenvalue weighted by Crippen LogP contribution is -2.34. The van der Waals surface area contributed by atoms with E-state index in [0.717, 1.165) is 5.56 Å². The SMILES string of the molecule is Cc1cc(Cl)c(NC(=O)NC(=O)CCCl)cc1Cl. The van der Waals surface area contributed by atoms with Crippen molar-refractivity contribution < 1.29 is 9.59 Å². The van der Waals surface area contributed by atoms with Gasteiger partial charge < -0.3 is 5.32 Å². The maximum absolute atomic E-state index is 11.5. The van der Waals surface area contributed by atoms with E-state index in [2.05, 4.69) is 10.6 Å². The topological polar surface area (TPSA) is 58.2 Å². The maximum Gasteiger partial charge on any atom is 0.325 e. The Labute approximate surface area is 120 Å². The molecule has 0 aliphatic heterocycles. The van der Waals surface area contributed by atoms with E-state index in [1.165, 1.54) is 6.07 Å². The van der Waals surface area contributed by atoms with E-state index in [9.17, 15) is 9.59 Å². The van der Waals surface area contributed by atoms with Crippen LogP contribution in [0.5, 0.6) is 0 Å². The summed E-state index contributed by atoms with van der Waals surface area (Å²) in [6.45, 7) is 1.79. The van der Waals surface area contributed by atoms with Crippen LogP contribution in [0.1, 0.15) is 12.0 Å². The Balaban J connectivity index is 2.70. The number of alkyl halides is 1. The number of nitrogens with one attached hydrogen (secondary N) is 2. The van der Waals surface area contributed by atoms with E-state index in [1.54, 1.807) is 13.0 Å². The van der Waals surface area contributed by atoms with Gasteiger partial charge in [0.25, 0.3) is 0 Å². The number of hydrogen-bond donors (Lipinski definition) is 2. The van der Waals surface area contributed by atoms with Crippen molar-refractivity contribution in [3.8, 4) is 0 Å². The van der Waals surface area contributed by atoms with Crippen LogP contribution in [0.15, 0.2) is 12.1 Å². The van der Waals surface area contributed by atoms with Crippen molar-refractivity contribution in [3.63, 3.8) is 0 Å². The number of halogens is 3. The molecule has 1 aromatic rings. The molecule has 1 aromatic carbocycles. The van der Waals surface area contributed by atoms with Crippen molar-refractivity contribution in [3.05, 3.63) is 27.7 Å². The minimum absolute atomic E-state index is 0.0668. The first-order valence-electron chi connectivity index (χ1n) is 5.06. The summed E-state index contributed by atoms with van der Waals surface area (Å²) in [6, 6.07) is 2.47. The summed E-state index contributed by atoms with van der Waals surface area (Å²) in [5.41, 5.74) is 1.13. The second-order valence-corrected chi connectivity index (χ2v) is 4.71. The number of carbonyl (C=O) groups excluding carboxylic acids is 2. The Bertz CT molecular complexity index is 478. The standard InChI is InChI=1S/C11H11Cl3N2O2/c1-6-4-8(14)9(5-7(6)13)15-11(18)16-10(17)2-3-12/h4-5H,2-3H2,1H3,(H2,15,16,17,18). The number of aryl methyl sites for hydroxylation is 1. The Morgan fingerprint density at radius 1 is 1.22 bits per heavy atom. The van der Waals surface area contributed by atoms with Crippen LogP contribution in [-0.4, -0.2) is 17.8 Å². The Hall–Kier alpha value is -0.970. The highest BCUT2D eigenvalue weighted by atomic mass is 35.5. The second kappa shape index (κ2) is 6.83. The van der Waals surface area contributed by atoms with Gasteiger partial charge in [-0.1, -0.05) is 23.2 Å². The van der Waals surface area contributed by atoms with Crippen LogP contribution < -0.4 is 10.6 Å². The molecule has 0 saturated heterocycles. The summed E-state index contributed by atoms with van der Waals surface area (Å²) in [5, 5.41) is 5.37. The van der Waals surface area contributed by atoms with Crippen molar-refractivity contribution in [1.29, 1.82) is 0 Å². The lowest BCUT2D eigenvalue weighted by molar-refractivity contribution is -0.119. The van der Waals surface area contributed by atoms with Gasteiger partial charge in [0.15, 0.2) is 0 Å². The van der Waals surface area contributed by atoms with Gasteiger partial charge in [0, 0.05) is 17.3 Å². The Morgan fingerprint density at radius 3 is 2.50 bits per heavy atom. The quantitative estimate of drug-likeness (QED) is 0.838. The van der Waals surface area contributed by atoms with Gasteiger partial charge in [0.1, 0.15) is 0 Å². The summed E-state index contributed by atoms with van der Waals surface area (Å²) < 4.78 is 0.